The van der Waals surface area contributed by atoms with E-state index in [4.69, 9.17) is 0 Å². The number of benzene rings is 1. The normalized spacial score (nSPS) is 12.7. The van der Waals surface area contributed by atoms with Gasteiger partial charge in [0.05, 0.1) is 6.20 Å². The van der Waals surface area contributed by atoms with Gasteiger partial charge in [-0.2, -0.15) is 26.6 Å². The van der Waals surface area contributed by atoms with E-state index in [0.717, 1.165) is 5.56 Å². The van der Waals surface area contributed by atoms with Crippen molar-refractivity contribution < 1.29 is 22.0 Å². The highest BCUT2D eigenvalue weighted by Gasteiger charge is 2.60. The molecule has 0 bridgehead atoms. The summed E-state index contributed by atoms with van der Waals surface area (Å²) >= 11 is 0. The molecule has 0 radical (unpaired) electrons. The van der Waals surface area contributed by atoms with E-state index in [9.17, 15) is 22.0 Å². The van der Waals surface area contributed by atoms with Crippen LogP contribution in [0.1, 0.15) is 5.56 Å². The summed E-state index contributed by atoms with van der Waals surface area (Å²) in [7, 11) is 0. The standard InChI is InChI=1S/C11H8F5N3/c1-7-2-4-8(5-3-7)9-6-19(18-17-9)11(15,16)10(12,13)14/h2-6H,1H3. The van der Waals surface area contributed by atoms with Crippen LogP contribution >= 0.6 is 0 Å². The summed E-state index contributed by atoms with van der Waals surface area (Å²) in [5, 5.41) is 6.18. The third-order valence-electron chi connectivity index (χ3n) is 2.47. The molecule has 8 heteroatoms. The molecule has 0 saturated heterocycles. The summed E-state index contributed by atoms with van der Waals surface area (Å²) in [5.41, 5.74) is 1.29. The molecule has 102 valence electrons. The predicted octanol–water partition coefficient (Wildman–Crippen LogP) is 3.37. The van der Waals surface area contributed by atoms with Gasteiger partial charge in [-0.05, 0) is 6.92 Å². The van der Waals surface area contributed by atoms with Crippen molar-refractivity contribution in [2.45, 2.75) is 19.1 Å². The maximum absolute atomic E-state index is 13.0. The molecule has 3 nitrogen and oxygen atoms in total. The number of nitrogens with zero attached hydrogens (tertiary/aromatic N) is 3. The lowest BCUT2D eigenvalue weighted by Gasteiger charge is -2.18. The highest BCUT2D eigenvalue weighted by molar-refractivity contribution is 5.57. The Morgan fingerprint density at radius 3 is 2.11 bits per heavy atom. The second-order valence-electron chi connectivity index (χ2n) is 3.95. The summed E-state index contributed by atoms with van der Waals surface area (Å²) in [6.45, 7) is 1.82. The van der Waals surface area contributed by atoms with Crippen molar-refractivity contribution in [2.24, 2.45) is 0 Å². The number of rotatable bonds is 2. The van der Waals surface area contributed by atoms with Crippen LogP contribution in [-0.4, -0.2) is 21.2 Å². The third kappa shape index (κ3) is 2.42. The second kappa shape index (κ2) is 4.29. The van der Waals surface area contributed by atoms with Gasteiger partial charge in [-0.1, -0.05) is 35.0 Å². The smallest absolute Gasteiger partial charge is 0.180 e. The third-order valence-corrected chi connectivity index (χ3v) is 2.47. The van der Waals surface area contributed by atoms with E-state index < -0.39 is 16.9 Å². The Morgan fingerprint density at radius 1 is 1.00 bits per heavy atom. The predicted molar refractivity (Wildman–Crippen MR) is 56.4 cm³/mol. The van der Waals surface area contributed by atoms with Gasteiger partial charge < -0.3 is 0 Å². The summed E-state index contributed by atoms with van der Waals surface area (Å²) in [6, 6.07) is 1.43. The van der Waals surface area contributed by atoms with Gasteiger partial charge in [-0.25, -0.2) is 0 Å². The molecule has 1 aromatic carbocycles. The largest absolute Gasteiger partial charge is 0.477 e. The number of hydrogen-bond acceptors (Lipinski definition) is 2. The van der Waals surface area contributed by atoms with Gasteiger partial charge in [0.1, 0.15) is 5.69 Å². The molecule has 2 aromatic rings. The Labute approximate surface area is 104 Å². The number of aromatic nitrogens is 3. The van der Waals surface area contributed by atoms with E-state index in [1.807, 2.05) is 6.92 Å². The lowest BCUT2D eigenvalue weighted by atomic mass is 10.1. The molecule has 0 atom stereocenters. The lowest BCUT2D eigenvalue weighted by molar-refractivity contribution is -0.328. The highest BCUT2D eigenvalue weighted by atomic mass is 19.4. The van der Waals surface area contributed by atoms with Crippen LogP contribution in [0.25, 0.3) is 11.3 Å². The fourth-order valence-electron chi connectivity index (χ4n) is 1.39. The molecule has 0 unspecified atom stereocenters. The zero-order chi connectivity index (χ0) is 14.3. The van der Waals surface area contributed by atoms with Crippen LogP contribution in [0.3, 0.4) is 0 Å². The molecule has 0 aliphatic rings. The maximum atomic E-state index is 13.0. The van der Waals surface area contributed by atoms with Gasteiger partial charge in [0.2, 0.25) is 0 Å². The average molecular weight is 277 g/mol. The monoisotopic (exact) mass is 277 g/mol. The minimum atomic E-state index is -5.72. The van der Waals surface area contributed by atoms with Gasteiger partial charge in [-0.15, -0.1) is 5.10 Å². The van der Waals surface area contributed by atoms with Crippen molar-refractivity contribution in [3.63, 3.8) is 0 Å². The van der Waals surface area contributed by atoms with Crippen LogP contribution in [0, 0.1) is 6.92 Å². The first kappa shape index (κ1) is 13.4. The molecule has 0 saturated carbocycles. The molecule has 1 aromatic heterocycles. The summed E-state index contributed by atoms with van der Waals surface area (Å²) in [5.74, 6) is 0. The quantitative estimate of drug-likeness (QED) is 0.788. The van der Waals surface area contributed by atoms with Crippen molar-refractivity contribution in [3.8, 4) is 11.3 Å². The Hall–Kier alpha value is -1.99. The van der Waals surface area contributed by atoms with Crippen molar-refractivity contribution in [1.82, 2.24) is 15.0 Å². The summed E-state index contributed by atoms with van der Waals surface area (Å²) in [6.07, 6.45) is -5.15. The van der Waals surface area contributed by atoms with E-state index in [-0.39, 0.29) is 5.69 Å². The SMILES string of the molecule is Cc1ccc(-c2cn(C(F)(F)C(F)(F)F)nn2)cc1. The van der Waals surface area contributed by atoms with Crippen LogP contribution < -0.4 is 0 Å². The van der Waals surface area contributed by atoms with Gasteiger partial charge >= 0.3 is 12.2 Å². The molecule has 2 rings (SSSR count). The molecule has 0 N–H and O–H groups in total. The fourth-order valence-corrected chi connectivity index (χ4v) is 1.39. The average Bonchev–Trinajstić information content (AvgIpc) is 2.78. The fraction of sp³-hybridized carbons (Fsp3) is 0.273. The minimum Gasteiger partial charge on any atom is -0.180 e. The van der Waals surface area contributed by atoms with Gasteiger partial charge in [0.15, 0.2) is 0 Å². The number of alkyl halides is 5. The molecule has 0 amide bonds. The van der Waals surface area contributed by atoms with Crippen LogP contribution in [0.4, 0.5) is 22.0 Å². The van der Waals surface area contributed by atoms with Gasteiger partial charge in [0, 0.05) is 5.56 Å². The number of halogens is 5. The molecule has 19 heavy (non-hydrogen) atoms. The van der Waals surface area contributed by atoms with Gasteiger partial charge in [0.25, 0.3) is 0 Å². The Kier molecular flexibility index (Phi) is 3.03. The molecular formula is C11H8F5N3. The molecule has 0 spiro atoms. The first-order chi connectivity index (χ1) is 8.72. The topological polar surface area (TPSA) is 30.7 Å². The van der Waals surface area contributed by atoms with Crippen molar-refractivity contribution >= 4 is 0 Å². The van der Waals surface area contributed by atoms with Gasteiger partial charge in [-0.3, -0.25) is 0 Å². The Balaban J connectivity index is 2.37. The molecular weight excluding hydrogens is 269 g/mol. The van der Waals surface area contributed by atoms with Crippen LogP contribution in [0.5, 0.6) is 0 Å². The van der Waals surface area contributed by atoms with Crippen molar-refractivity contribution in [1.29, 1.82) is 0 Å². The minimum absolute atomic E-state index is 0.0519. The molecule has 0 aliphatic heterocycles. The van der Waals surface area contributed by atoms with Crippen molar-refractivity contribution in [3.05, 3.63) is 36.0 Å². The first-order valence-electron chi connectivity index (χ1n) is 5.16. The van der Waals surface area contributed by atoms with E-state index >= 15 is 0 Å². The maximum Gasteiger partial charge on any atom is 0.477 e. The lowest BCUT2D eigenvalue weighted by Crippen LogP contribution is -2.40. The highest BCUT2D eigenvalue weighted by Crippen LogP contribution is 2.39. The van der Waals surface area contributed by atoms with E-state index in [1.54, 1.807) is 24.3 Å². The molecule has 0 fully saturated rings. The number of aryl methyl sites for hydroxylation is 1. The van der Waals surface area contributed by atoms with Crippen LogP contribution in [0.15, 0.2) is 30.5 Å². The number of hydrogen-bond donors (Lipinski definition) is 0. The van der Waals surface area contributed by atoms with Crippen LogP contribution in [0.2, 0.25) is 0 Å². The Morgan fingerprint density at radius 2 is 1.58 bits per heavy atom. The summed E-state index contributed by atoms with van der Waals surface area (Å²) in [4.78, 5) is 0. The molecule has 1 heterocycles. The zero-order valence-corrected chi connectivity index (χ0v) is 9.62. The van der Waals surface area contributed by atoms with E-state index in [0.29, 0.717) is 11.8 Å². The van der Waals surface area contributed by atoms with Crippen molar-refractivity contribution in [2.75, 3.05) is 0 Å². The second-order valence-corrected chi connectivity index (χ2v) is 3.95. The Bertz CT molecular complexity index is 571. The van der Waals surface area contributed by atoms with Crippen LogP contribution in [-0.2, 0) is 6.05 Å². The first-order valence-corrected chi connectivity index (χ1v) is 5.16. The molecule has 0 aliphatic carbocycles. The summed E-state index contributed by atoms with van der Waals surface area (Å²) < 4.78 is 61.9. The van der Waals surface area contributed by atoms with E-state index in [1.165, 1.54) is 0 Å². The zero-order valence-electron chi connectivity index (χ0n) is 9.62. The van der Waals surface area contributed by atoms with E-state index in [2.05, 4.69) is 10.3 Å².